The first-order chi connectivity index (χ1) is 15.8. The van der Waals surface area contributed by atoms with Gasteiger partial charge in [0, 0.05) is 11.1 Å². The molecule has 190 valence electrons. The van der Waals surface area contributed by atoms with E-state index in [-0.39, 0.29) is 48.0 Å². The molecule has 0 radical (unpaired) electrons. The summed E-state index contributed by atoms with van der Waals surface area (Å²) < 4.78 is 2.69. The summed E-state index contributed by atoms with van der Waals surface area (Å²) in [6, 6.07) is 22.5. The molecular weight excluding hydrogens is 642 g/mol. The van der Waals surface area contributed by atoms with Crippen LogP contribution in [0.25, 0.3) is 0 Å². The number of nitrogens with zero attached hydrogens (tertiary/aromatic N) is 2. The SMILES string of the molecule is [I-].[I-].c1ccc(C[N+]2(CCCCCC[N+]3(Cc4ccccc4)CCCCC3)CCCCC2)cc1. The lowest BCUT2D eigenvalue weighted by Gasteiger charge is -2.42. The van der Waals surface area contributed by atoms with E-state index in [2.05, 4.69) is 60.7 Å². The van der Waals surface area contributed by atoms with Crippen LogP contribution < -0.4 is 48.0 Å². The minimum Gasteiger partial charge on any atom is -1.00 e. The highest BCUT2D eigenvalue weighted by Crippen LogP contribution is 2.26. The third kappa shape index (κ3) is 9.36. The Morgan fingerprint density at radius 3 is 1.15 bits per heavy atom. The van der Waals surface area contributed by atoms with Gasteiger partial charge >= 0.3 is 0 Å². The number of hydrogen-bond acceptors (Lipinski definition) is 0. The molecule has 2 aromatic carbocycles. The zero-order chi connectivity index (χ0) is 22.0. The fourth-order valence-electron chi connectivity index (χ4n) is 6.48. The van der Waals surface area contributed by atoms with E-state index < -0.39 is 0 Å². The molecule has 0 N–H and O–H groups in total. The molecule has 2 nitrogen and oxygen atoms in total. The van der Waals surface area contributed by atoms with Crippen molar-refractivity contribution in [2.45, 2.75) is 77.3 Å². The molecule has 0 saturated carbocycles. The zero-order valence-electron chi connectivity index (χ0n) is 21.2. The predicted molar refractivity (Wildman–Crippen MR) is 136 cm³/mol. The summed E-state index contributed by atoms with van der Waals surface area (Å²) in [5.74, 6) is 0. The summed E-state index contributed by atoms with van der Waals surface area (Å²) in [6.45, 7) is 10.9. The molecule has 2 saturated heterocycles. The lowest BCUT2D eigenvalue weighted by molar-refractivity contribution is -0.945. The maximum atomic E-state index is 2.34. The Morgan fingerprint density at radius 1 is 0.441 bits per heavy atom. The summed E-state index contributed by atoms with van der Waals surface area (Å²) in [5, 5.41) is 0. The Morgan fingerprint density at radius 2 is 0.794 bits per heavy atom. The van der Waals surface area contributed by atoms with E-state index in [1.807, 2.05) is 0 Å². The zero-order valence-corrected chi connectivity index (χ0v) is 25.5. The van der Waals surface area contributed by atoms with Crippen LogP contribution in [0.4, 0.5) is 0 Å². The monoisotopic (exact) mass is 688 g/mol. The van der Waals surface area contributed by atoms with Gasteiger partial charge < -0.3 is 56.9 Å². The summed E-state index contributed by atoms with van der Waals surface area (Å²) >= 11 is 0. The number of likely N-dealkylation sites (tertiary alicyclic amines) is 2. The quantitative estimate of drug-likeness (QED) is 0.188. The molecule has 0 atom stereocenters. The molecular formula is C30H46I2N2. The topological polar surface area (TPSA) is 0 Å². The van der Waals surface area contributed by atoms with Gasteiger partial charge in [-0.3, -0.25) is 0 Å². The molecule has 2 aliphatic rings. The Kier molecular flexibility index (Phi) is 14.0. The van der Waals surface area contributed by atoms with Crippen molar-refractivity contribution in [3.8, 4) is 0 Å². The minimum absolute atomic E-state index is 0. The second kappa shape index (κ2) is 15.8. The first-order valence-corrected chi connectivity index (χ1v) is 13.6. The first kappa shape index (κ1) is 30.0. The molecule has 4 rings (SSSR count). The maximum absolute atomic E-state index is 2.34. The Hall–Kier alpha value is -0.180. The van der Waals surface area contributed by atoms with Crippen LogP contribution in [0.1, 0.15) is 75.3 Å². The maximum Gasteiger partial charge on any atom is 0.104 e. The smallest absolute Gasteiger partial charge is 0.104 e. The third-order valence-electron chi connectivity index (χ3n) is 8.27. The van der Waals surface area contributed by atoms with Crippen molar-refractivity contribution >= 4 is 0 Å². The lowest BCUT2D eigenvalue weighted by Crippen LogP contribution is -3.00. The average molecular weight is 689 g/mol. The number of piperidine rings is 2. The fraction of sp³-hybridized carbons (Fsp3) is 0.600. The van der Waals surface area contributed by atoms with E-state index in [1.54, 1.807) is 0 Å². The number of benzene rings is 2. The number of quaternary nitrogens is 2. The predicted octanol–water partition coefficient (Wildman–Crippen LogP) is 0.957. The van der Waals surface area contributed by atoms with Crippen molar-refractivity contribution in [3.63, 3.8) is 0 Å². The van der Waals surface area contributed by atoms with E-state index in [1.165, 1.54) is 137 Å². The van der Waals surface area contributed by atoms with Gasteiger partial charge in [-0.2, -0.15) is 0 Å². The van der Waals surface area contributed by atoms with Crippen LogP contribution in [0.15, 0.2) is 60.7 Å². The van der Waals surface area contributed by atoms with Gasteiger partial charge in [0.15, 0.2) is 0 Å². The van der Waals surface area contributed by atoms with Crippen molar-refractivity contribution in [3.05, 3.63) is 71.8 Å². The molecule has 2 aliphatic heterocycles. The number of rotatable bonds is 11. The van der Waals surface area contributed by atoms with Gasteiger partial charge in [-0.15, -0.1) is 0 Å². The third-order valence-corrected chi connectivity index (χ3v) is 8.27. The van der Waals surface area contributed by atoms with Gasteiger partial charge in [0.25, 0.3) is 0 Å². The van der Waals surface area contributed by atoms with Gasteiger partial charge in [0.1, 0.15) is 13.1 Å². The largest absolute Gasteiger partial charge is 1.00 e. The van der Waals surface area contributed by atoms with Crippen LogP contribution >= 0.6 is 0 Å². The number of unbranched alkanes of at least 4 members (excludes halogenated alkanes) is 3. The summed E-state index contributed by atoms with van der Waals surface area (Å²) in [6.07, 6.45) is 14.2. The first-order valence-electron chi connectivity index (χ1n) is 13.6. The molecule has 34 heavy (non-hydrogen) atoms. The molecule has 0 amide bonds. The van der Waals surface area contributed by atoms with Gasteiger partial charge in [0.2, 0.25) is 0 Å². The van der Waals surface area contributed by atoms with Gasteiger partial charge in [0.05, 0.1) is 39.3 Å². The molecule has 0 spiro atoms. The fourth-order valence-corrected chi connectivity index (χ4v) is 6.48. The van der Waals surface area contributed by atoms with Gasteiger partial charge in [-0.05, 0) is 64.2 Å². The highest BCUT2D eigenvalue weighted by Gasteiger charge is 2.31. The van der Waals surface area contributed by atoms with E-state index in [9.17, 15) is 0 Å². The normalized spacial score (nSPS) is 18.9. The van der Waals surface area contributed by atoms with Crippen LogP contribution in [-0.4, -0.2) is 48.2 Å². The lowest BCUT2D eigenvalue weighted by atomic mass is 10.0. The van der Waals surface area contributed by atoms with Crippen molar-refractivity contribution < 1.29 is 56.9 Å². The standard InChI is InChI=1S/C30H46N2.2HI/c1(11-21-31(23-13-5-14-24-31)27-29-17-7-3-8-18-29)2-12-22-32(25-15-6-16-26-32)28-30-19-9-4-10-20-30;;/h3-4,7-10,17-20H,1-2,5-6,11-16,21-28H2;2*1H/q+2;;/p-2. The average Bonchev–Trinajstić information content (AvgIpc) is 2.84. The summed E-state index contributed by atoms with van der Waals surface area (Å²) in [7, 11) is 0. The summed E-state index contributed by atoms with van der Waals surface area (Å²) in [4.78, 5) is 0. The Balaban J connectivity index is 0.00000204. The molecule has 2 fully saturated rings. The van der Waals surface area contributed by atoms with E-state index in [4.69, 9.17) is 0 Å². The van der Waals surface area contributed by atoms with Crippen LogP contribution in [0.2, 0.25) is 0 Å². The van der Waals surface area contributed by atoms with Crippen LogP contribution in [0.3, 0.4) is 0 Å². The number of halogens is 2. The molecule has 2 aromatic rings. The highest BCUT2D eigenvalue weighted by molar-refractivity contribution is 5.14. The van der Waals surface area contributed by atoms with Gasteiger partial charge in [-0.1, -0.05) is 60.7 Å². The molecule has 2 heterocycles. The van der Waals surface area contributed by atoms with Gasteiger partial charge in [-0.25, -0.2) is 0 Å². The van der Waals surface area contributed by atoms with Crippen LogP contribution in [0, 0.1) is 0 Å². The Labute approximate surface area is 243 Å². The molecule has 0 unspecified atom stereocenters. The van der Waals surface area contributed by atoms with Crippen LogP contribution in [-0.2, 0) is 13.1 Å². The van der Waals surface area contributed by atoms with E-state index in [0.29, 0.717) is 0 Å². The van der Waals surface area contributed by atoms with Crippen molar-refractivity contribution in [2.75, 3.05) is 39.3 Å². The van der Waals surface area contributed by atoms with Crippen molar-refractivity contribution in [1.29, 1.82) is 0 Å². The molecule has 4 heteroatoms. The number of hydrogen-bond donors (Lipinski definition) is 0. The minimum atomic E-state index is 0. The molecule has 0 aliphatic carbocycles. The Bertz CT molecular complexity index is 701. The molecule has 0 aromatic heterocycles. The van der Waals surface area contributed by atoms with E-state index >= 15 is 0 Å². The van der Waals surface area contributed by atoms with Crippen LogP contribution in [0.5, 0.6) is 0 Å². The van der Waals surface area contributed by atoms with Crippen molar-refractivity contribution in [2.24, 2.45) is 0 Å². The second-order valence-corrected chi connectivity index (χ2v) is 10.8. The second-order valence-electron chi connectivity index (χ2n) is 10.8. The van der Waals surface area contributed by atoms with E-state index in [0.717, 1.165) is 0 Å². The summed E-state index contributed by atoms with van der Waals surface area (Å²) in [5.41, 5.74) is 3.07. The molecule has 0 bridgehead atoms. The van der Waals surface area contributed by atoms with Crippen molar-refractivity contribution in [1.82, 2.24) is 0 Å². The highest BCUT2D eigenvalue weighted by atomic mass is 127.